The third-order valence-corrected chi connectivity index (χ3v) is 4.38. The van der Waals surface area contributed by atoms with E-state index in [4.69, 9.17) is 15.2 Å². The second-order valence-electron chi connectivity index (χ2n) is 6.42. The second kappa shape index (κ2) is 8.02. The molecule has 1 amide bonds. The van der Waals surface area contributed by atoms with E-state index in [0.717, 1.165) is 18.6 Å². The molecule has 7 heteroatoms. The van der Waals surface area contributed by atoms with Crippen molar-refractivity contribution in [1.29, 1.82) is 0 Å². The molecule has 1 aromatic heterocycles. The fraction of sp³-hybridized carbons (Fsp3) is 0.444. The van der Waals surface area contributed by atoms with E-state index in [1.807, 2.05) is 24.3 Å². The zero-order valence-electron chi connectivity index (χ0n) is 14.3. The van der Waals surface area contributed by atoms with E-state index in [1.54, 1.807) is 0 Å². The van der Waals surface area contributed by atoms with Crippen molar-refractivity contribution in [3.63, 3.8) is 0 Å². The van der Waals surface area contributed by atoms with E-state index >= 15 is 0 Å². The van der Waals surface area contributed by atoms with E-state index < -0.39 is 0 Å². The maximum Gasteiger partial charge on any atom is 0.256 e. The maximum absolute atomic E-state index is 12.0. The largest absolute Gasteiger partial charge is 0.493 e. The number of nitrogens with two attached hydrogens (primary N) is 1. The van der Waals surface area contributed by atoms with E-state index in [1.165, 1.54) is 11.8 Å². The minimum absolute atomic E-state index is 0.0210. The number of amides is 1. The average molecular weight is 344 g/mol. The number of aryl methyl sites for hydroxylation is 1. The Morgan fingerprint density at radius 3 is 2.84 bits per heavy atom. The molecule has 2 atom stereocenters. The standard InChI is InChI=1S/C18H24N4O3/c1-12-2-5-14(6-3-12)24-10-13-4-7-15(25-11-13)8-20-18(23)16-9-21-22-17(16)19/h2-3,5-6,9,13,15H,4,7-8,10-11H2,1H3,(H,20,23)(H3,19,21,22)/t13-,15+/m0/s1. The molecular formula is C18H24N4O3. The maximum atomic E-state index is 12.0. The summed E-state index contributed by atoms with van der Waals surface area (Å²) in [6, 6.07) is 8.05. The molecule has 4 N–H and O–H groups in total. The number of anilines is 1. The van der Waals surface area contributed by atoms with Crippen LogP contribution in [0.2, 0.25) is 0 Å². The van der Waals surface area contributed by atoms with Crippen LogP contribution in [0.3, 0.4) is 0 Å². The van der Waals surface area contributed by atoms with E-state index in [0.29, 0.717) is 31.2 Å². The van der Waals surface area contributed by atoms with Crippen molar-refractivity contribution < 1.29 is 14.3 Å². The van der Waals surface area contributed by atoms with Gasteiger partial charge < -0.3 is 20.5 Å². The highest BCUT2D eigenvalue weighted by Gasteiger charge is 2.23. The van der Waals surface area contributed by atoms with Gasteiger partial charge in [-0.25, -0.2) is 0 Å². The minimum Gasteiger partial charge on any atom is -0.493 e. The predicted molar refractivity (Wildman–Crippen MR) is 94.5 cm³/mol. The van der Waals surface area contributed by atoms with Crippen LogP contribution >= 0.6 is 0 Å². The Morgan fingerprint density at radius 1 is 1.40 bits per heavy atom. The van der Waals surface area contributed by atoms with Crippen LogP contribution < -0.4 is 15.8 Å². The number of nitrogens with one attached hydrogen (secondary N) is 2. The third kappa shape index (κ3) is 4.73. The fourth-order valence-electron chi connectivity index (χ4n) is 2.79. The lowest BCUT2D eigenvalue weighted by Gasteiger charge is -2.29. The van der Waals surface area contributed by atoms with Crippen LogP contribution in [0, 0.1) is 12.8 Å². The summed E-state index contributed by atoms with van der Waals surface area (Å²) >= 11 is 0. The smallest absolute Gasteiger partial charge is 0.256 e. The molecule has 0 spiro atoms. The van der Waals surface area contributed by atoms with Gasteiger partial charge in [0.1, 0.15) is 11.3 Å². The number of nitrogen functional groups attached to an aromatic ring is 1. The topological polar surface area (TPSA) is 102 Å². The first-order valence-electron chi connectivity index (χ1n) is 8.50. The van der Waals surface area contributed by atoms with Crippen molar-refractivity contribution in [2.45, 2.75) is 25.9 Å². The van der Waals surface area contributed by atoms with Crippen LogP contribution in [0.4, 0.5) is 5.82 Å². The number of carbonyl (C=O) groups is 1. The Hall–Kier alpha value is -2.54. The normalized spacial score (nSPS) is 20.2. The van der Waals surface area contributed by atoms with E-state index in [2.05, 4.69) is 22.4 Å². The number of benzene rings is 1. The number of aromatic amines is 1. The zero-order chi connectivity index (χ0) is 17.6. The molecule has 0 unspecified atom stereocenters. The summed E-state index contributed by atoms with van der Waals surface area (Å²) in [5.74, 6) is 1.23. The van der Waals surface area contributed by atoms with Gasteiger partial charge in [-0.1, -0.05) is 17.7 Å². The number of aromatic nitrogens is 2. The summed E-state index contributed by atoms with van der Waals surface area (Å²) in [6.07, 6.45) is 3.42. The lowest BCUT2D eigenvalue weighted by molar-refractivity contribution is -0.0251. The molecule has 2 aromatic rings. The van der Waals surface area contributed by atoms with Crippen LogP contribution in [0.25, 0.3) is 0 Å². The van der Waals surface area contributed by atoms with Crippen LogP contribution in [-0.4, -0.2) is 42.0 Å². The summed E-state index contributed by atoms with van der Waals surface area (Å²) in [4.78, 5) is 12.0. The molecule has 0 bridgehead atoms. The summed E-state index contributed by atoms with van der Waals surface area (Å²) < 4.78 is 11.7. The molecule has 2 heterocycles. The highest BCUT2D eigenvalue weighted by Crippen LogP contribution is 2.21. The number of hydrogen-bond donors (Lipinski definition) is 3. The molecule has 0 radical (unpaired) electrons. The Kier molecular flexibility index (Phi) is 5.55. The van der Waals surface area contributed by atoms with Gasteiger partial charge in [-0.2, -0.15) is 5.10 Å². The second-order valence-corrected chi connectivity index (χ2v) is 6.42. The first kappa shape index (κ1) is 17.3. The summed E-state index contributed by atoms with van der Waals surface area (Å²) in [5.41, 5.74) is 7.19. The van der Waals surface area contributed by atoms with Gasteiger partial charge in [-0.15, -0.1) is 0 Å². The van der Waals surface area contributed by atoms with Crippen molar-refractivity contribution >= 4 is 11.7 Å². The lowest BCUT2D eigenvalue weighted by atomic mass is 9.99. The molecule has 1 aliphatic rings. The fourth-order valence-corrected chi connectivity index (χ4v) is 2.79. The predicted octanol–water partition coefficient (Wildman–Crippen LogP) is 1.90. The molecule has 0 saturated carbocycles. The highest BCUT2D eigenvalue weighted by atomic mass is 16.5. The van der Waals surface area contributed by atoms with Crippen molar-refractivity contribution in [1.82, 2.24) is 15.5 Å². The van der Waals surface area contributed by atoms with Crippen molar-refractivity contribution in [3.8, 4) is 5.75 Å². The Balaban J connectivity index is 1.36. The number of nitrogens with zero attached hydrogens (tertiary/aromatic N) is 1. The molecule has 1 saturated heterocycles. The Morgan fingerprint density at radius 2 is 2.20 bits per heavy atom. The highest BCUT2D eigenvalue weighted by molar-refractivity contribution is 5.98. The Bertz CT molecular complexity index is 691. The zero-order valence-corrected chi connectivity index (χ0v) is 14.3. The number of carbonyl (C=O) groups excluding carboxylic acids is 1. The van der Waals surface area contributed by atoms with Crippen LogP contribution in [-0.2, 0) is 4.74 Å². The number of rotatable bonds is 6. The lowest BCUT2D eigenvalue weighted by Crippen LogP contribution is -2.38. The first-order valence-corrected chi connectivity index (χ1v) is 8.50. The van der Waals surface area contributed by atoms with Gasteiger partial charge in [-0.05, 0) is 31.9 Å². The van der Waals surface area contributed by atoms with E-state index in [-0.39, 0.29) is 17.8 Å². The molecule has 1 aliphatic heterocycles. The molecular weight excluding hydrogens is 320 g/mol. The molecule has 7 nitrogen and oxygen atoms in total. The summed E-state index contributed by atoms with van der Waals surface area (Å²) in [5, 5.41) is 9.15. The van der Waals surface area contributed by atoms with Gasteiger partial charge in [0.05, 0.1) is 19.3 Å². The molecule has 134 valence electrons. The molecule has 1 aromatic carbocycles. The number of ether oxygens (including phenoxy) is 2. The van der Waals surface area contributed by atoms with Gasteiger partial charge >= 0.3 is 0 Å². The summed E-state index contributed by atoms with van der Waals surface area (Å²) in [7, 11) is 0. The molecule has 3 rings (SSSR count). The van der Waals surface area contributed by atoms with Crippen molar-refractivity contribution in [2.24, 2.45) is 5.92 Å². The van der Waals surface area contributed by atoms with Gasteiger partial charge in [0, 0.05) is 18.7 Å². The molecule has 0 aliphatic carbocycles. The third-order valence-electron chi connectivity index (χ3n) is 4.38. The SMILES string of the molecule is Cc1ccc(OC[C@@H]2CC[C@H](CNC(=O)c3c[nH]nc3N)OC2)cc1. The summed E-state index contributed by atoms with van der Waals surface area (Å²) in [6.45, 7) is 3.81. The Labute approximate surface area is 146 Å². The molecule has 1 fully saturated rings. The van der Waals surface area contributed by atoms with Crippen LogP contribution in [0.1, 0.15) is 28.8 Å². The number of hydrogen-bond acceptors (Lipinski definition) is 5. The van der Waals surface area contributed by atoms with E-state index in [9.17, 15) is 4.79 Å². The van der Waals surface area contributed by atoms with Gasteiger partial charge in [0.15, 0.2) is 5.82 Å². The quantitative estimate of drug-likeness (QED) is 0.743. The minimum atomic E-state index is -0.236. The average Bonchev–Trinajstić information content (AvgIpc) is 3.06. The van der Waals surface area contributed by atoms with Crippen molar-refractivity contribution in [2.75, 3.05) is 25.5 Å². The van der Waals surface area contributed by atoms with Crippen LogP contribution in [0.15, 0.2) is 30.5 Å². The van der Waals surface area contributed by atoms with Gasteiger partial charge in [0.2, 0.25) is 0 Å². The first-order chi connectivity index (χ1) is 12.1. The van der Waals surface area contributed by atoms with Gasteiger partial charge in [0.25, 0.3) is 5.91 Å². The van der Waals surface area contributed by atoms with Crippen LogP contribution in [0.5, 0.6) is 5.75 Å². The van der Waals surface area contributed by atoms with Crippen molar-refractivity contribution in [3.05, 3.63) is 41.6 Å². The number of H-pyrrole nitrogens is 1. The molecule has 25 heavy (non-hydrogen) atoms. The monoisotopic (exact) mass is 344 g/mol. The van der Waals surface area contributed by atoms with Gasteiger partial charge in [-0.3, -0.25) is 9.89 Å².